The third kappa shape index (κ3) is 3.96. The molecule has 136 valence electrons. The van der Waals surface area contributed by atoms with Crippen LogP contribution in [0.25, 0.3) is 11.1 Å². The summed E-state index contributed by atoms with van der Waals surface area (Å²) in [4.78, 5) is 26.5. The first-order valence-electron chi connectivity index (χ1n) is 7.89. The summed E-state index contributed by atoms with van der Waals surface area (Å²) in [7, 11) is 3.84. The van der Waals surface area contributed by atoms with Crippen molar-refractivity contribution in [1.29, 1.82) is 0 Å². The lowest BCUT2D eigenvalue weighted by atomic mass is 10.2. The number of nitrogens with one attached hydrogen (secondary N) is 1. The van der Waals surface area contributed by atoms with Crippen LogP contribution in [0.3, 0.4) is 0 Å². The van der Waals surface area contributed by atoms with Crippen LogP contribution >= 0.6 is 22.6 Å². The molecule has 3 rings (SSSR count). The van der Waals surface area contributed by atoms with E-state index in [1.54, 1.807) is 18.2 Å². The molecule has 26 heavy (non-hydrogen) atoms. The Hall–Kier alpha value is -2.20. The molecule has 2 aromatic carbocycles. The van der Waals surface area contributed by atoms with Crippen molar-refractivity contribution in [2.75, 3.05) is 26.0 Å². The van der Waals surface area contributed by atoms with Gasteiger partial charge in [-0.05, 0) is 73.1 Å². The molecule has 1 N–H and O–H groups in total. The van der Waals surface area contributed by atoms with Gasteiger partial charge >= 0.3 is 5.76 Å². The summed E-state index contributed by atoms with van der Waals surface area (Å²) in [6.45, 7) is 1.16. The van der Waals surface area contributed by atoms with Crippen LogP contribution in [0.1, 0.15) is 10.4 Å². The van der Waals surface area contributed by atoms with Gasteiger partial charge in [0.1, 0.15) is 5.82 Å². The molecule has 8 heteroatoms. The molecule has 0 spiro atoms. The Morgan fingerprint density at radius 1 is 1.27 bits per heavy atom. The van der Waals surface area contributed by atoms with E-state index in [9.17, 15) is 14.0 Å². The zero-order valence-corrected chi connectivity index (χ0v) is 16.4. The zero-order chi connectivity index (χ0) is 18.8. The highest BCUT2D eigenvalue weighted by molar-refractivity contribution is 14.1. The maximum absolute atomic E-state index is 13.2. The van der Waals surface area contributed by atoms with E-state index >= 15 is 0 Å². The second-order valence-electron chi connectivity index (χ2n) is 6.08. The SMILES string of the molecule is CN(C)CCn1c(=O)oc2ccc(NC(=O)c3ccc(F)cc3I)cc21. The molecule has 0 unspecified atom stereocenters. The van der Waals surface area contributed by atoms with Gasteiger partial charge in [0, 0.05) is 22.3 Å². The Kier molecular flexibility index (Phi) is 5.42. The fourth-order valence-corrected chi connectivity index (χ4v) is 3.25. The Balaban J connectivity index is 1.89. The van der Waals surface area contributed by atoms with Gasteiger partial charge in [0.15, 0.2) is 5.58 Å². The number of oxazole rings is 1. The number of fused-ring (bicyclic) bond motifs is 1. The third-order valence-corrected chi connectivity index (χ3v) is 4.76. The minimum Gasteiger partial charge on any atom is -0.408 e. The summed E-state index contributed by atoms with van der Waals surface area (Å²) in [5.74, 6) is -1.17. The first-order valence-corrected chi connectivity index (χ1v) is 8.97. The van der Waals surface area contributed by atoms with Crippen LogP contribution in [0, 0.1) is 9.39 Å². The highest BCUT2D eigenvalue weighted by Crippen LogP contribution is 2.21. The van der Waals surface area contributed by atoms with Crippen LogP contribution in [0.5, 0.6) is 0 Å². The summed E-state index contributed by atoms with van der Waals surface area (Å²) in [5.41, 5.74) is 1.98. The molecule has 0 saturated carbocycles. The summed E-state index contributed by atoms with van der Waals surface area (Å²) < 4.78 is 20.5. The summed E-state index contributed by atoms with van der Waals surface area (Å²) in [6, 6.07) is 8.99. The molecule has 0 aliphatic heterocycles. The average molecular weight is 469 g/mol. The van der Waals surface area contributed by atoms with Crippen LogP contribution < -0.4 is 11.1 Å². The normalized spacial score (nSPS) is 11.3. The van der Waals surface area contributed by atoms with Crippen molar-refractivity contribution in [2.24, 2.45) is 0 Å². The van der Waals surface area contributed by atoms with E-state index in [2.05, 4.69) is 5.32 Å². The van der Waals surface area contributed by atoms with Gasteiger partial charge in [0.2, 0.25) is 0 Å². The Morgan fingerprint density at radius 3 is 2.73 bits per heavy atom. The second-order valence-corrected chi connectivity index (χ2v) is 7.25. The molecule has 0 radical (unpaired) electrons. The van der Waals surface area contributed by atoms with Gasteiger partial charge in [0.05, 0.1) is 11.1 Å². The van der Waals surface area contributed by atoms with E-state index in [4.69, 9.17) is 4.42 Å². The lowest BCUT2D eigenvalue weighted by Crippen LogP contribution is -2.23. The monoisotopic (exact) mass is 469 g/mol. The third-order valence-electron chi connectivity index (χ3n) is 3.87. The van der Waals surface area contributed by atoms with Gasteiger partial charge in [0.25, 0.3) is 5.91 Å². The number of amides is 1. The van der Waals surface area contributed by atoms with E-state index in [1.165, 1.54) is 22.8 Å². The first-order chi connectivity index (χ1) is 12.3. The Bertz CT molecular complexity index is 1030. The van der Waals surface area contributed by atoms with E-state index in [0.717, 1.165) is 0 Å². The van der Waals surface area contributed by atoms with Crippen LogP contribution in [-0.2, 0) is 6.54 Å². The van der Waals surface area contributed by atoms with E-state index in [1.807, 2.05) is 41.6 Å². The molecule has 1 heterocycles. The van der Waals surface area contributed by atoms with Gasteiger partial charge in [-0.2, -0.15) is 0 Å². The fourth-order valence-electron chi connectivity index (χ4n) is 2.52. The molecule has 0 fully saturated rings. The molecular weight excluding hydrogens is 452 g/mol. The maximum Gasteiger partial charge on any atom is 0.419 e. The topological polar surface area (TPSA) is 67.5 Å². The Labute approximate surface area is 162 Å². The minimum atomic E-state index is -0.432. The molecule has 3 aromatic rings. The predicted octanol–water partition coefficient (Wildman–Crippen LogP) is 3.15. The molecule has 6 nitrogen and oxygen atoms in total. The number of hydrogen-bond acceptors (Lipinski definition) is 4. The maximum atomic E-state index is 13.2. The Morgan fingerprint density at radius 2 is 2.04 bits per heavy atom. The number of likely N-dealkylation sites (N-methyl/N-ethyl adjacent to an activating group) is 1. The van der Waals surface area contributed by atoms with Gasteiger partial charge < -0.3 is 14.6 Å². The van der Waals surface area contributed by atoms with E-state index < -0.39 is 11.6 Å². The number of nitrogens with zero attached hydrogens (tertiary/aromatic N) is 2. The molecular formula is C18H17FIN3O3. The number of aromatic nitrogens is 1. The standard InChI is InChI=1S/C18H17FIN3O3/c1-22(2)7-8-23-15-10-12(4-6-16(15)26-18(23)25)21-17(24)13-5-3-11(19)9-14(13)20/h3-6,9-10H,7-8H2,1-2H3,(H,21,24). The zero-order valence-electron chi connectivity index (χ0n) is 14.3. The number of carbonyl (C=O) groups excluding carboxylic acids is 1. The lowest BCUT2D eigenvalue weighted by Gasteiger charge is -2.10. The molecule has 0 bridgehead atoms. The van der Waals surface area contributed by atoms with Crippen molar-refractivity contribution in [1.82, 2.24) is 9.47 Å². The number of carbonyl (C=O) groups is 1. The predicted molar refractivity (Wildman–Crippen MR) is 106 cm³/mol. The van der Waals surface area contributed by atoms with E-state index in [0.29, 0.717) is 39.0 Å². The van der Waals surface area contributed by atoms with Gasteiger partial charge in [-0.3, -0.25) is 9.36 Å². The highest BCUT2D eigenvalue weighted by atomic mass is 127. The summed E-state index contributed by atoms with van der Waals surface area (Å²) in [5, 5.41) is 2.78. The molecule has 0 aliphatic rings. The highest BCUT2D eigenvalue weighted by Gasteiger charge is 2.14. The first kappa shape index (κ1) is 18.6. The number of halogens is 2. The van der Waals surface area contributed by atoms with Crippen molar-refractivity contribution in [3.63, 3.8) is 0 Å². The molecule has 0 saturated heterocycles. The number of hydrogen-bond donors (Lipinski definition) is 1. The van der Waals surface area contributed by atoms with Crippen molar-refractivity contribution in [2.45, 2.75) is 6.54 Å². The van der Waals surface area contributed by atoms with Crippen LogP contribution in [-0.4, -0.2) is 36.0 Å². The smallest absolute Gasteiger partial charge is 0.408 e. The fraction of sp³-hybridized carbons (Fsp3) is 0.222. The molecule has 0 aliphatic carbocycles. The summed E-state index contributed by atoms with van der Waals surface area (Å²) >= 11 is 1.92. The number of rotatable bonds is 5. The van der Waals surface area contributed by atoms with E-state index in [-0.39, 0.29) is 5.91 Å². The number of anilines is 1. The van der Waals surface area contributed by atoms with Crippen LogP contribution in [0.15, 0.2) is 45.6 Å². The van der Waals surface area contributed by atoms with Crippen molar-refractivity contribution in [3.05, 3.63) is 61.9 Å². The molecule has 1 amide bonds. The van der Waals surface area contributed by atoms with Gasteiger partial charge in [-0.1, -0.05) is 0 Å². The van der Waals surface area contributed by atoms with Gasteiger partial charge in [-0.15, -0.1) is 0 Å². The van der Waals surface area contributed by atoms with Crippen LogP contribution in [0.4, 0.5) is 10.1 Å². The van der Waals surface area contributed by atoms with Crippen molar-refractivity contribution >= 4 is 45.3 Å². The van der Waals surface area contributed by atoms with Crippen molar-refractivity contribution in [3.8, 4) is 0 Å². The number of benzene rings is 2. The average Bonchev–Trinajstić information content (AvgIpc) is 2.87. The minimum absolute atomic E-state index is 0.348. The summed E-state index contributed by atoms with van der Waals surface area (Å²) in [6.07, 6.45) is 0. The largest absolute Gasteiger partial charge is 0.419 e. The van der Waals surface area contributed by atoms with Crippen LogP contribution in [0.2, 0.25) is 0 Å². The quantitative estimate of drug-likeness (QED) is 0.584. The van der Waals surface area contributed by atoms with Crippen molar-refractivity contribution < 1.29 is 13.6 Å². The molecule has 0 atom stereocenters. The lowest BCUT2D eigenvalue weighted by molar-refractivity contribution is 0.102. The second kappa shape index (κ2) is 7.58. The molecule has 1 aromatic heterocycles. The van der Waals surface area contributed by atoms with Gasteiger partial charge in [-0.25, -0.2) is 9.18 Å².